The number of nitrogens with zero attached hydrogens (tertiary/aromatic N) is 3. The van der Waals surface area contributed by atoms with Gasteiger partial charge in [-0.3, -0.25) is 14.9 Å². The van der Waals surface area contributed by atoms with Gasteiger partial charge in [-0.2, -0.15) is 0 Å². The molecule has 0 saturated carbocycles. The molecule has 158 valence electrons. The molecule has 2 amide bonds. The lowest BCUT2D eigenvalue weighted by atomic mass is 9.95. The van der Waals surface area contributed by atoms with Gasteiger partial charge in [0.1, 0.15) is 6.04 Å². The van der Waals surface area contributed by atoms with Crippen LogP contribution in [0.15, 0.2) is 24.3 Å². The van der Waals surface area contributed by atoms with Crippen molar-refractivity contribution >= 4 is 23.2 Å². The number of likely N-dealkylation sites (N-methyl/N-ethyl adjacent to an activating group) is 1. The van der Waals surface area contributed by atoms with Gasteiger partial charge in [0.2, 0.25) is 11.8 Å². The van der Waals surface area contributed by atoms with E-state index in [0.717, 1.165) is 37.8 Å². The van der Waals surface area contributed by atoms with Gasteiger partial charge in [-0.1, -0.05) is 6.07 Å². The Kier molecular flexibility index (Phi) is 6.35. The van der Waals surface area contributed by atoms with Gasteiger partial charge < -0.3 is 20.0 Å². The number of carbonyl (C=O) groups is 2. The normalized spacial score (nSPS) is 24.4. The Morgan fingerprint density at radius 1 is 1.07 bits per heavy atom. The zero-order chi connectivity index (χ0) is 20.2. The SMILES string of the molecule is CN(c1cccc(N2CCC(CN3CCNCC3)CC2)c1)C1CCC(=O)NC1=O. The average molecular weight is 400 g/mol. The summed E-state index contributed by atoms with van der Waals surface area (Å²) in [5.74, 6) is 0.429. The number of rotatable bonds is 5. The van der Waals surface area contributed by atoms with Gasteiger partial charge in [-0.25, -0.2) is 0 Å². The molecule has 3 aliphatic heterocycles. The van der Waals surface area contributed by atoms with Gasteiger partial charge in [0.15, 0.2) is 0 Å². The summed E-state index contributed by atoms with van der Waals surface area (Å²) < 4.78 is 0. The lowest BCUT2D eigenvalue weighted by Crippen LogP contribution is -2.51. The molecule has 3 fully saturated rings. The van der Waals surface area contributed by atoms with Crippen LogP contribution in [-0.2, 0) is 9.59 Å². The van der Waals surface area contributed by atoms with Gasteiger partial charge in [0.25, 0.3) is 0 Å². The molecule has 0 aliphatic carbocycles. The molecule has 0 radical (unpaired) electrons. The van der Waals surface area contributed by atoms with Crippen LogP contribution >= 0.6 is 0 Å². The summed E-state index contributed by atoms with van der Waals surface area (Å²) in [5.41, 5.74) is 2.25. The summed E-state index contributed by atoms with van der Waals surface area (Å²) in [5, 5.41) is 5.89. The highest BCUT2D eigenvalue weighted by molar-refractivity contribution is 6.01. The van der Waals surface area contributed by atoms with Crippen LogP contribution in [-0.4, -0.2) is 75.6 Å². The van der Waals surface area contributed by atoms with Gasteiger partial charge in [0.05, 0.1) is 0 Å². The minimum Gasteiger partial charge on any atom is -0.371 e. The van der Waals surface area contributed by atoms with Crippen molar-refractivity contribution in [1.29, 1.82) is 0 Å². The maximum absolute atomic E-state index is 12.2. The molecule has 3 saturated heterocycles. The van der Waals surface area contributed by atoms with Crippen LogP contribution in [0.4, 0.5) is 11.4 Å². The van der Waals surface area contributed by atoms with Crippen molar-refractivity contribution in [2.45, 2.75) is 31.7 Å². The highest BCUT2D eigenvalue weighted by atomic mass is 16.2. The van der Waals surface area contributed by atoms with E-state index in [-0.39, 0.29) is 17.9 Å². The third-order valence-electron chi connectivity index (χ3n) is 6.62. The maximum atomic E-state index is 12.2. The molecule has 7 heteroatoms. The Morgan fingerprint density at radius 3 is 2.55 bits per heavy atom. The first-order valence-corrected chi connectivity index (χ1v) is 10.9. The number of hydrogen-bond donors (Lipinski definition) is 2. The van der Waals surface area contributed by atoms with E-state index in [9.17, 15) is 9.59 Å². The van der Waals surface area contributed by atoms with E-state index in [2.05, 4.69) is 38.6 Å². The van der Waals surface area contributed by atoms with Crippen molar-refractivity contribution in [3.63, 3.8) is 0 Å². The van der Waals surface area contributed by atoms with E-state index in [1.807, 2.05) is 18.0 Å². The van der Waals surface area contributed by atoms with E-state index in [4.69, 9.17) is 0 Å². The zero-order valence-electron chi connectivity index (χ0n) is 17.4. The zero-order valence-corrected chi connectivity index (χ0v) is 17.4. The van der Waals surface area contributed by atoms with Crippen molar-refractivity contribution < 1.29 is 9.59 Å². The standard InChI is InChI=1S/C22H33N5O2/c1-25(20-5-6-21(28)24-22(20)29)18-3-2-4-19(15-18)27-11-7-17(8-12-27)16-26-13-9-23-10-14-26/h2-4,15,17,20,23H,5-14,16H2,1H3,(H,24,28,29). The molecule has 3 heterocycles. The number of piperazine rings is 1. The molecule has 0 bridgehead atoms. The van der Waals surface area contributed by atoms with Crippen molar-refractivity contribution in [2.24, 2.45) is 5.92 Å². The average Bonchev–Trinajstić information content (AvgIpc) is 2.75. The summed E-state index contributed by atoms with van der Waals surface area (Å²) in [6, 6.07) is 8.18. The molecular formula is C22H33N5O2. The number of carbonyl (C=O) groups excluding carboxylic acids is 2. The molecule has 3 aliphatic rings. The van der Waals surface area contributed by atoms with E-state index in [1.165, 1.54) is 38.2 Å². The first kappa shape index (κ1) is 20.2. The molecule has 7 nitrogen and oxygen atoms in total. The van der Waals surface area contributed by atoms with E-state index < -0.39 is 0 Å². The Bertz CT molecular complexity index is 726. The largest absolute Gasteiger partial charge is 0.371 e. The summed E-state index contributed by atoms with van der Waals surface area (Å²) >= 11 is 0. The Balaban J connectivity index is 1.34. The van der Waals surface area contributed by atoms with Crippen LogP contribution in [0.2, 0.25) is 0 Å². The molecule has 1 aromatic carbocycles. The van der Waals surface area contributed by atoms with E-state index in [0.29, 0.717) is 12.8 Å². The summed E-state index contributed by atoms with van der Waals surface area (Å²) in [6.45, 7) is 7.99. The Morgan fingerprint density at radius 2 is 1.83 bits per heavy atom. The molecule has 1 aromatic rings. The van der Waals surface area contributed by atoms with Crippen molar-refractivity contribution in [1.82, 2.24) is 15.5 Å². The molecule has 1 atom stereocenters. The third kappa shape index (κ3) is 4.90. The summed E-state index contributed by atoms with van der Waals surface area (Å²) in [4.78, 5) is 30.7. The van der Waals surface area contributed by atoms with Crippen molar-refractivity contribution in [3.8, 4) is 0 Å². The van der Waals surface area contributed by atoms with Crippen LogP contribution < -0.4 is 20.4 Å². The fraction of sp³-hybridized carbons (Fsp3) is 0.636. The van der Waals surface area contributed by atoms with Crippen LogP contribution in [0.3, 0.4) is 0 Å². The number of imide groups is 1. The molecule has 29 heavy (non-hydrogen) atoms. The van der Waals surface area contributed by atoms with Gasteiger partial charge >= 0.3 is 0 Å². The highest BCUT2D eigenvalue weighted by Crippen LogP contribution is 2.28. The minimum atomic E-state index is -0.285. The van der Waals surface area contributed by atoms with Gasteiger partial charge in [0, 0.05) is 70.7 Å². The second-order valence-electron chi connectivity index (χ2n) is 8.58. The fourth-order valence-electron chi connectivity index (χ4n) is 4.77. The molecule has 4 rings (SSSR count). The number of piperidine rings is 2. The van der Waals surface area contributed by atoms with Crippen LogP contribution in [0.1, 0.15) is 25.7 Å². The van der Waals surface area contributed by atoms with Crippen molar-refractivity contribution in [2.75, 3.05) is 62.7 Å². The number of nitrogens with one attached hydrogen (secondary N) is 2. The van der Waals surface area contributed by atoms with Crippen LogP contribution in [0, 0.1) is 5.92 Å². The number of hydrogen-bond acceptors (Lipinski definition) is 6. The Labute approximate surface area is 173 Å². The lowest BCUT2D eigenvalue weighted by molar-refractivity contribution is -0.134. The van der Waals surface area contributed by atoms with Gasteiger partial charge in [-0.05, 0) is 43.4 Å². The highest BCUT2D eigenvalue weighted by Gasteiger charge is 2.30. The molecule has 1 unspecified atom stereocenters. The van der Waals surface area contributed by atoms with Crippen LogP contribution in [0.5, 0.6) is 0 Å². The first-order valence-electron chi connectivity index (χ1n) is 10.9. The van der Waals surface area contributed by atoms with Crippen LogP contribution in [0.25, 0.3) is 0 Å². The first-order chi connectivity index (χ1) is 14.1. The molecule has 2 N–H and O–H groups in total. The number of anilines is 2. The third-order valence-corrected chi connectivity index (χ3v) is 6.62. The smallest absolute Gasteiger partial charge is 0.249 e. The molecular weight excluding hydrogens is 366 g/mol. The predicted molar refractivity (Wildman–Crippen MR) is 115 cm³/mol. The predicted octanol–water partition coefficient (Wildman–Crippen LogP) is 1.05. The number of amides is 2. The lowest BCUT2D eigenvalue weighted by Gasteiger charge is -2.37. The number of benzene rings is 1. The van der Waals surface area contributed by atoms with Gasteiger partial charge in [-0.15, -0.1) is 0 Å². The summed E-state index contributed by atoms with van der Waals surface area (Å²) in [6.07, 6.45) is 3.44. The molecule has 0 spiro atoms. The van der Waals surface area contributed by atoms with E-state index >= 15 is 0 Å². The Hall–Kier alpha value is -2.12. The minimum absolute atomic E-state index is 0.169. The topological polar surface area (TPSA) is 67.9 Å². The second-order valence-corrected chi connectivity index (χ2v) is 8.58. The summed E-state index contributed by atoms with van der Waals surface area (Å²) in [7, 11) is 1.94. The monoisotopic (exact) mass is 399 g/mol. The molecule has 0 aromatic heterocycles. The van der Waals surface area contributed by atoms with Crippen molar-refractivity contribution in [3.05, 3.63) is 24.3 Å². The van der Waals surface area contributed by atoms with E-state index in [1.54, 1.807) is 0 Å². The fourth-order valence-corrected chi connectivity index (χ4v) is 4.77. The quantitative estimate of drug-likeness (QED) is 0.722. The maximum Gasteiger partial charge on any atom is 0.249 e. The second kappa shape index (κ2) is 9.13.